The first-order chi connectivity index (χ1) is 8.34. The number of benzene rings is 1. The molecule has 17 heavy (non-hydrogen) atoms. The van der Waals surface area contributed by atoms with E-state index in [-0.39, 0.29) is 5.88 Å². The summed E-state index contributed by atoms with van der Waals surface area (Å²) in [5, 5.41) is 9.61. The minimum absolute atomic E-state index is 0.120. The van der Waals surface area contributed by atoms with Crippen LogP contribution in [0.15, 0.2) is 57.3 Å². The molecule has 1 N–H and O–H groups in total. The number of hydrogen-bond donors (Lipinski definition) is 1. The molecule has 84 valence electrons. The Labute approximate surface area is 98.2 Å². The monoisotopic (exact) mass is 226 g/mol. The molecule has 0 unspecified atom stereocenters. The summed E-state index contributed by atoms with van der Waals surface area (Å²) in [6.45, 7) is 0.336. The number of aliphatic hydroxyl groups is 1. The lowest BCUT2D eigenvalue weighted by Gasteiger charge is -2.25. The van der Waals surface area contributed by atoms with Gasteiger partial charge in [0.25, 0.3) is 0 Å². The molecule has 0 spiro atoms. The van der Waals surface area contributed by atoms with Crippen molar-refractivity contribution in [2.45, 2.75) is 0 Å². The highest BCUT2D eigenvalue weighted by Gasteiger charge is 2.21. The van der Waals surface area contributed by atoms with Crippen LogP contribution in [0.25, 0.3) is 0 Å². The lowest BCUT2D eigenvalue weighted by molar-refractivity contribution is 0.275. The summed E-state index contributed by atoms with van der Waals surface area (Å²) in [6, 6.07) is 9.71. The summed E-state index contributed by atoms with van der Waals surface area (Å²) in [4.78, 5) is 14.3. The standard InChI is InChI=1S/C12H10N4O/c17-10-6-7-13-12-15-11(14-8-16(10)12)9-4-2-1-3-5-9/h1-7,17H,8H2. The number of fused-ring (bicyclic) bond motifs is 1. The smallest absolute Gasteiger partial charge is 0.235 e. The maximum Gasteiger partial charge on any atom is 0.235 e. The first-order valence-electron chi connectivity index (χ1n) is 5.24. The summed E-state index contributed by atoms with van der Waals surface area (Å²) in [5.74, 6) is 1.23. The first-order valence-corrected chi connectivity index (χ1v) is 5.24. The number of hydrogen-bond acceptors (Lipinski definition) is 5. The predicted molar refractivity (Wildman–Crippen MR) is 66.3 cm³/mol. The Morgan fingerprint density at radius 3 is 2.82 bits per heavy atom. The summed E-state index contributed by atoms with van der Waals surface area (Å²) in [7, 11) is 0. The highest BCUT2D eigenvalue weighted by molar-refractivity contribution is 6.09. The second-order valence-corrected chi connectivity index (χ2v) is 3.63. The number of aliphatic hydroxyl groups excluding tert-OH is 1. The van der Waals surface area contributed by atoms with Crippen molar-refractivity contribution >= 4 is 18.0 Å². The van der Waals surface area contributed by atoms with Crippen LogP contribution in [0.2, 0.25) is 0 Å². The van der Waals surface area contributed by atoms with Crippen molar-refractivity contribution in [3.8, 4) is 0 Å². The molecule has 0 saturated carbocycles. The van der Waals surface area contributed by atoms with E-state index in [1.165, 1.54) is 12.3 Å². The number of allylic oxidation sites excluding steroid dienone is 1. The normalized spacial score (nSPS) is 18.1. The van der Waals surface area contributed by atoms with Crippen LogP contribution >= 0.6 is 0 Å². The number of amidine groups is 1. The zero-order valence-corrected chi connectivity index (χ0v) is 8.98. The number of aliphatic imine (C=N–C) groups is 3. The number of rotatable bonds is 1. The Balaban J connectivity index is 1.96. The fraction of sp³-hybridized carbons (Fsp3) is 0.0833. The van der Waals surface area contributed by atoms with Crippen molar-refractivity contribution in [1.29, 1.82) is 0 Å². The van der Waals surface area contributed by atoms with Crippen LogP contribution < -0.4 is 0 Å². The molecule has 0 fully saturated rings. The number of nitrogens with zero attached hydrogens (tertiary/aromatic N) is 4. The first kappa shape index (κ1) is 9.77. The van der Waals surface area contributed by atoms with Gasteiger partial charge in [-0.05, 0) is 0 Å². The quantitative estimate of drug-likeness (QED) is 0.789. The van der Waals surface area contributed by atoms with Crippen LogP contribution in [0.1, 0.15) is 5.56 Å². The Hall–Kier alpha value is -2.43. The third kappa shape index (κ3) is 1.71. The van der Waals surface area contributed by atoms with Gasteiger partial charge in [-0.2, -0.15) is 4.99 Å². The van der Waals surface area contributed by atoms with Crippen LogP contribution in [0.4, 0.5) is 0 Å². The van der Waals surface area contributed by atoms with E-state index in [2.05, 4.69) is 15.0 Å². The summed E-state index contributed by atoms with van der Waals surface area (Å²) in [6.07, 6.45) is 3.04. The van der Waals surface area contributed by atoms with E-state index >= 15 is 0 Å². The second-order valence-electron chi connectivity index (χ2n) is 3.63. The molecule has 0 amide bonds. The largest absolute Gasteiger partial charge is 0.494 e. The molecule has 3 rings (SSSR count). The van der Waals surface area contributed by atoms with Crippen molar-refractivity contribution < 1.29 is 5.11 Å². The molecular formula is C12H10N4O. The van der Waals surface area contributed by atoms with Crippen molar-refractivity contribution in [2.75, 3.05) is 6.67 Å². The van der Waals surface area contributed by atoms with Crippen molar-refractivity contribution in [2.24, 2.45) is 15.0 Å². The average molecular weight is 226 g/mol. The molecule has 0 radical (unpaired) electrons. The van der Waals surface area contributed by atoms with Gasteiger partial charge in [0.15, 0.2) is 11.7 Å². The van der Waals surface area contributed by atoms with Crippen LogP contribution in [-0.2, 0) is 0 Å². The Bertz CT molecular complexity index is 557. The van der Waals surface area contributed by atoms with Crippen molar-refractivity contribution in [3.63, 3.8) is 0 Å². The van der Waals surface area contributed by atoms with Crippen LogP contribution in [-0.4, -0.2) is 34.7 Å². The summed E-state index contributed by atoms with van der Waals surface area (Å²) < 4.78 is 0. The minimum Gasteiger partial charge on any atom is -0.494 e. The molecule has 0 saturated heterocycles. The van der Waals surface area contributed by atoms with Gasteiger partial charge in [-0.3, -0.25) is 4.90 Å². The van der Waals surface area contributed by atoms with E-state index in [1.54, 1.807) is 4.90 Å². The van der Waals surface area contributed by atoms with Gasteiger partial charge in [-0.25, -0.2) is 9.98 Å². The molecule has 5 nitrogen and oxygen atoms in total. The minimum atomic E-state index is 0.120. The van der Waals surface area contributed by atoms with Gasteiger partial charge in [0.2, 0.25) is 5.96 Å². The van der Waals surface area contributed by atoms with Gasteiger partial charge in [0.1, 0.15) is 6.67 Å². The molecule has 2 aliphatic heterocycles. The van der Waals surface area contributed by atoms with Crippen LogP contribution in [0.3, 0.4) is 0 Å². The second kappa shape index (κ2) is 3.86. The van der Waals surface area contributed by atoms with E-state index < -0.39 is 0 Å². The molecule has 2 aliphatic rings. The molecule has 0 bridgehead atoms. The van der Waals surface area contributed by atoms with Gasteiger partial charge < -0.3 is 5.11 Å². The summed E-state index contributed by atoms with van der Waals surface area (Å²) >= 11 is 0. The average Bonchev–Trinajstić information content (AvgIpc) is 2.40. The van der Waals surface area contributed by atoms with Gasteiger partial charge in [0, 0.05) is 17.9 Å². The molecule has 5 heteroatoms. The highest BCUT2D eigenvalue weighted by atomic mass is 16.3. The van der Waals surface area contributed by atoms with Crippen molar-refractivity contribution in [1.82, 2.24) is 4.90 Å². The zero-order chi connectivity index (χ0) is 11.7. The molecule has 0 atom stereocenters. The number of guanidine groups is 1. The molecule has 0 aliphatic carbocycles. The van der Waals surface area contributed by atoms with Gasteiger partial charge in [0.05, 0.1) is 0 Å². The Morgan fingerprint density at radius 1 is 1.18 bits per heavy atom. The third-order valence-corrected chi connectivity index (χ3v) is 2.53. The molecule has 2 heterocycles. The van der Waals surface area contributed by atoms with Gasteiger partial charge in [-0.1, -0.05) is 30.3 Å². The van der Waals surface area contributed by atoms with E-state index in [1.807, 2.05) is 30.3 Å². The molecule has 1 aromatic rings. The highest BCUT2D eigenvalue weighted by Crippen LogP contribution is 2.14. The topological polar surface area (TPSA) is 60.6 Å². The van der Waals surface area contributed by atoms with E-state index in [0.717, 1.165) is 5.56 Å². The Morgan fingerprint density at radius 2 is 2.00 bits per heavy atom. The molecular weight excluding hydrogens is 216 g/mol. The zero-order valence-electron chi connectivity index (χ0n) is 8.98. The van der Waals surface area contributed by atoms with Crippen molar-refractivity contribution in [3.05, 3.63) is 47.9 Å². The maximum absolute atomic E-state index is 9.61. The third-order valence-electron chi connectivity index (χ3n) is 2.53. The summed E-state index contributed by atoms with van der Waals surface area (Å²) in [5.41, 5.74) is 0.948. The van der Waals surface area contributed by atoms with E-state index in [4.69, 9.17) is 0 Å². The SMILES string of the molecule is OC1=CC=NC2=NC(c3ccccc3)=NCN12. The molecule has 1 aromatic carbocycles. The van der Waals surface area contributed by atoms with E-state index in [0.29, 0.717) is 18.5 Å². The lowest BCUT2D eigenvalue weighted by Crippen LogP contribution is -2.35. The van der Waals surface area contributed by atoms with Crippen LogP contribution in [0, 0.1) is 0 Å². The van der Waals surface area contributed by atoms with Crippen LogP contribution in [0.5, 0.6) is 0 Å². The van der Waals surface area contributed by atoms with Gasteiger partial charge in [-0.15, -0.1) is 0 Å². The fourth-order valence-corrected chi connectivity index (χ4v) is 1.67. The molecule has 0 aromatic heterocycles. The van der Waals surface area contributed by atoms with E-state index in [9.17, 15) is 5.11 Å². The lowest BCUT2D eigenvalue weighted by atomic mass is 10.2. The van der Waals surface area contributed by atoms with Gasteiger partial charge >= 0.3 is 0 Å². The fourth-order valence-electron chi connectivity index (χ4n) is 1.67. The maximum atomic E-state index is 9.61. The predicted octanol–water partition coefficient (Wildman–Crippen LogP) is 1.55. The Kier molecular flexibility index (Phi) is 2.22.